The van der Waals surface area contributed by atoms with Crippen molar-refractivity contribution in [3.63, 3.8) is 0 Å². The average molecular weight is 1290 g/mol. The second kappa shape index (κ2) is 38.9. The summed E-state index contributed by atoms with van der Waals surface area (Å²) >= 11 is 10.3. The number of thioether (sulfide) groups is 1. The number of nitrogen functional groups attached to an aromatic ring is 1. The van der Waals surface area contributed by atoms with E-state index in [1.807, 2.05) is 103 Å². The molecule has 0 saturated heterocycles. The molecule has 6 aromatic heterocycles. The number of halogens is 1. The number of nitrogens with zero attached hydrogens (tertiary/aromatic N) is 10. The number of aromatic nitrogens is 4. The molecule has 0 aliphatic heterocycles. The number of aryl methyl sites for hydroxylation is 4. The van der Waals surface area contributed by atoms with Gasteiger partial charge in [-0.15, -0.1) is 46.0 Å². The number of nitro benzene ring substituents is 2. The topological polar surface area (TPSA) is 216 Å². The van der Waals surface area contributed by atoms with Crippen LogP contribution >= 0.6 is 46.0 Å². The number of rotatable bonds is 24. The average Bonchev–Trinajstić information content (AvgIpc) is 4.41. The summed E-state index contributed by atoms with van der Waals surface area (Å²) in [5.41, 5.74) is 18.3. The molecule has 0 fully saturated rings. The van der Waals surface area contributed by atoms with Crippen molar-refractivity contribution in [3.05, 3.63) is 187 Å². The molecule has 0 spiro atoms. The molecule has 478 valence electrons. The monoisotopic (exact) mass is 1290 g/mol. The number of aliphatic imine (C=N–C) groups is 1. The smallest absolute Gasteiger partial charge is 0.271 e. The number of amidine groups is 1. The van der Waals surface area contributed by atoms with E-state index in [1.165, 1.54) is 65.3 Å². The zero-order chi connectivity index (χ0) is 64.7. The number of alkyl halides is 1. The molecule has 0 amide bonds. The lowest BCUT2D eigenvalue weighted by Gasteiger charge is -2.10. The van der Waals surface area contributed by atoms with Crippen LogP contribution in [0.2, 0.25) is 0 Å². The van der Waals surface area contributed by atoms with E-state index in [-0.39, 0.29) is 21.2 Å². The van der Waals surface area contributed by atoms with Gasteiger partial charge in [0.2, 0.25) is 0 Å². The second-order valence-electron chi connectivity index (χ2n) is 22.0. The fourth-order valence-corrected chi connectivity index (χ4v) is 11.5. The summed E-state index contributed by atoms with van der Waals surface area (Å²) in [6.07, 6.45) is 19.2. The van der Waals surface area contributed by atoms with Gasteiger partial charge in [0, 0.05) is 97.6 Å². The first kappa shape index (κ1) is 72.4. The van der Waals surface area contributed by atoms with Gasteiger partial charge in [-0.2, -0.15) is 0 Å². The van der Waals surface area contributed by atoms with E-state index in [1.54, 1.807) is 46.9 Å². The van der Waals surface area contributed by atoms with Gasteiger partial charge in [-0.25, -0.2) is 4.99 Å². The lowest BCUT2D eigenvalue weighted by atomic mass is 10.2. The molecule has 0 aliphatic carbocycles. The maximum atomic E-state index is 10.8. The summed E-state index contributed by atoms with van der Waals surface area (Å²) < 4.78 is 8.74. The zero-order valence-electron chi connectivity index (χ0n) is 53.2. The molecule has 22 heteroatoms. The van der Waals surface area contributed by atoms with Gasteiger partial charge in [0.1, 0.15) is 10.9 Å². The van der Waals surface area contributed by atoms with Crippen molar-refractivity contribution in [1.29, 1.82) is 5.41 Å². The van der Waals surface area contributed by atoms with Crippen LogP contribution in [0.4, 0.5) is 22.7 Å². The Bertz CT molecular complexity index is 3720. The van der Waals surface area contributed by atoms with Gasteiger partial charge in [-0.05, 0) is 228 Å². The summed E-state index contributed by atoms with van der Waals surface area (Å²) in [7, 11) is 16.3. The summed E-state index contributed by atoms with van der Waals surface area (Å²) in [5, 5.41) is 40.9. The Morgan fingerprint density at radius 1 is 0.562 bits per heavy atom. The zero-order valence-corrected chi connectivity index (χ0v) is 56.4. The molecule has 10 aromatic rings. The molecule has 0 aliphatic rings. The molecule has 89 heavy (non-hydrogen) atoms. The van der Waals surface area contributed by atoms with E-state index in [0.29, 0.717) is 16.8 Å². The van der Waals surface area contributed by atoms with Gasteiger partial charge in [0.25, 0.3) is 11.4 Å². The molecule has 0 radical (unpaired) electrons. The number of anilines is 1. The minimum absolute atomic E-state index is 0.134. The molecule has 4 aromatic carbocycles. The highest BCUT2D eigenvalue weighted by atomic mass is 35.5. The number of fused-ring (bicyclic) bond motifs is 4. The van der Waals surface area contributed by atoms with Crippen LogP contribution in [0.25, 0.3) is 43.6 Å². The molecule has 0 atom stereocenters. The van der Waals surface area contributed by atoms with Crippen LogP contribution in [0.15, 0.2) is 162 Å². The summed E-state index contributed by atoms with van der Waals surface area (Å²) in [5.74, 6) is 1.23. The van der Waals surface area contributed by atoms with Crippen LogP contribution in [0.5, 0.6) is 0 Å². The van der Waals surface area contributed by atoms with Crippen LogP contribution < -0.4 is 16.8 Å². The van der Waals surface area contributed by atoms with Crippen molar-refractivity contribution in [2.24, 2.45) is 10.7 Å². The number of benzene rings is 4. The number of thiophene rings is 2. The standard InChI is InChI=1S/C19H24N4S.C14H19N3O2.C14H21N3.C12H13ClN2O2.C6H7NS2.C2H7N/c1-22(2)10-3-4-11-23-12-9-15-7-8-16(14-17(15)23)21-19(20)18-6-5-13-24-18;1-15(2)8-3-4-9-16-10-7-12-5-6-13(17(18)19)11-14(12)16;1-16(2)8-3-4-9-17-10-7-12-5-6-13(15)11-14(12)17;13-6-1-2-7-14-8-5-10-3-4-11(15(16)17)9-12(10)14;1-8-6(7)5-3-2-4-9-5;1-3-2/h5-9,12-14H,3-4,10-11H2,1-2H3,(H2,20,21);5-7,10-11H,3-4,8-9H2,1-2H3;5-7,10-11H,3-4,8-9,15H2,1-2H3;3-5,8-9H,1-2,6-7H2;2-4,7H,1H3;3H,1-2H3. The lowest BCUT2D eigenvalue weighted by molar-refractivity contribution is -0.384. The minimum Gasteiger partial charge on any atom is -0.399 e. The summed E-state index contributed by atoms with van der Waals surface area (Å²) in [4.78, 5) is 34.1. The van der Waals surface area contributed by atoms with Gasteiger partial charge < -0.3 is 49.8 Å². The quantitative estimate of drug-likeness (QED) is 0.00849. The fourth-order valence-electron chi connectivity index (χ4n) is 9.43. The Hall–Kier alpha value is -7.34. The van der Waals surface area contributed by atoms with Crippen molar-refractivity contribution >= 4 is 123 Å². The second-order valence-corrected chi connectivity index (χ2v) is 25.1. The number of hydrogen-bond acceptors (Lipinski definition) is 14. The van der Waals surface area contributed by atoms with Crippen LogP contribution in [-0.4, -0.2) is 142 Å². The number of non-ortho nitro benzene ring substituents is 2. The van der Waals surface area contributed by atoms with Gasteiger partial charge >= 0.3 is 0 Å². The normalized spacial score (nSPS) is 11.2. The Morgan fingerprint density at radius 2 is 0.933 bits per heavy atom. The molecule has 6 N–H and O–H groups in total. The van der Waals surface area contributed by atoms with Crippen LogP contribution in [0, 0.1) is 25.6 Å². The highest BCUT2D eigenvalue weighted by Crippen LogP contribution is 2.27. The molecule has 18 nitrogen and oxygen atoms in total. The van der Waals surface area contributed by atoms with E-state index in [9.17, 15) is 20.2 Å². The van der Waals surface area contributed by atoms with Crippen LogP contribution in [0.3, 0.4) is 0 Å². The van der Waals surface area contributed by atoms with Gasteiger partial charge in [0.05, 0.1) is 47.4 Å². The van der Waals surface area contributed by atoms with Gasteiger partial charge in [-0.3, -0.25) is 25.6 Å². The Kier molecular flexibility index (Phi) is 31.7. The third-order valence-corrected chi connectivity index (χ3v) is 16.8. The maximum absolute atomic E-state index is 10.8. The number of nitrogens with one attached hydrogen (secondary N) is 2. The maximum Gasteiger partial charge on any atom is 0.271 e. The minimum atomic E-state index is -0.366. The third kappa shape index (κ3) is 24.5. The highest BCUT2D eigenvalue weighted by molar-refractivity contribution is 8.14. The van der Waals surface area contributed by atoms with E-state index in [0.717, 1.165) is 114 Å². The molecular formula is C67H91ClN14O4S3. The Morgan fingerprint density at radius 3 is 1.30 bits per heavy atom. The molecule has 0 bridgehead atoms. The van der Waals surface area contributed by atoms with Crippen LogP contribution in [-0.2, 0) is 26.2 Å². The van der Waals surface area contributed by atoms with Crippen molar-refractivity contribution in [1.82, 2.24) is 38.3 Å². The van der Waals surface area contributed by atoms with Crippen LogP contribution in [0.1, 0.15) is 61.1 Å². The summed E-state index contributed by atoms with van der Waals surface area (Å²) in [6.45, 7) is 7.20. The van der Waals surface area contributed by atoms with Crippen molar-refractivity contribution in [3.8, 4) is 0 Å². The van der Waals surface area contributed by atoms with Crippen molar-refractivity contribution in [2.75, 3.05) is 93.9 Å². The number of nitro groups is 2. The molecule has 10 rings (SSSR count). The summed E-state index contributed by atoms with van der Waals surface area (Å²) in [6, 6.07) is 38.5. The largest absolute Gasteiger partial charge is 0.399 e. The van der Waals surface area contributed by atoms with E-state index < -0.39 is 0 Å². The van der Waals surface area contributed by atoms with E-state index in [2.05, 4.69) is 130 Å². The number of hydrogen-bond donors (Lipinski definition) is 4. The SMILES string of the molecule is CN(C)CCCCn1ccc2ccc(N)cc21.CN(C)CCCCn1ccc2ccc(N=C(N)c3cccs3)cc21.CN(C)CCCCn1ccc2ccc([N+](=O)[O-])cc21.CNC.CSC(=N)c1cccs1.O=[N+]([O-])c1ccc2ccn(CCCCCl)c2c1. The number of unbranched alkanes of at least 4 members (excludes halogenated alkanes) is 4. The van der Waals surface area contributed by atoms with Crippen molar-refractivity contribution in [2.45, 2.75) is 77.5 Å². The fraction of sp³-hybridized carbons (Fsp3) is 0.373. The van der Waals surface area contributed by atoms with E-state index in [4.69, 9.17) is 28.5 Å². The number of nitrogens with two attached hydrogens (primary N) is 2. The third-order valence-electron chi connectivity index (χ3n) is 14.0. The molecule has 0 saturated carbocycles. The molecular weight excluding hydrogens is 1200 g/mol. The first-order chi connectivity index (χ1) is 42.8. The predicted octanol–water partition coefficient (Wildman–Crippen LogP) is 15.4. The van der Waals surface area contributed by atoms with Crippen molar-refractivity contribution < 1.29 is 9.85 Å². The Labute approximate surface area is 542 Å². The molecule has 0 unspecified atom stereocenters. The first-order valence-corrected chi connectivity index (χ1v) is 33.4. The molecule has 6 heterocycles. The van der Waals surface area contributed by atoms with Gasteiger partial charge in [-0.1, -0.05) is 24.3 Å². The lowest BCUT2D eigenvalue weighted by Crippen LogP contribution is -2.13. The Balaban J connectivity index is 0.000000205. The van der Waals surface area contributed by atoms with E-state index >= 15 is 0 Å². The highest BCUT2D eigenvalue weighted by Gasteiger charge is 2.12. The van der Waals surface area contributed by atoms with Gasteiger partial charge in [0.15, 0.2) is 0 Å². The first-order valence-electron chi connectivity index (χ1n) is 29.9. The predicted molar refractivity (Wildman–Crippen MR) is 383 cm³/mol.